The molecule has 0 unspecified atom stereocenters. The van der Waals surface area contributed by atoms with E-state index in [2.05, 4.69) is 26.6 Å². The third kappa shape index (κ3) is 5.19. The molecule has 0 aliphatic rings. The minimum absolute atomic E-state index is 0.0430. The van der Waals surface area contributed by atoms with Gasteiger partial charge in [-0.2, -0.15) is 0 Å². The van der Waals surface area contributed by atoms with E-state index in [1.165, 1.54) is 0 Å². The minimum Gasteiger partial charge on any atom is -0.396 e. The van der Waals surface area contributed by atoms with Gasteiger partial charge in [0.05, 0.1) is 0 Å². The zero-order valence-electron chi connectivity index (χ0n) is 12.4. The molecule has 2 aromatic carbocycles. The van der Waals surface area contributed by atoms with Gasteiger partial charge < -0.3 is 15.7 Å². The molecule has 0 fully saturated rings. The average molecular weight is 377 g/mol. The fourth-order valence-electron chi connectivity index (χ4n) is 1.89. The predicted octanol–water partition coefficient (Wildman–Crippen LogP) is 2.81. The van der Waals surface area contributed by atoms with Crippen molar-refractivity contribution in [2.75, 3.05) is 18.5 Å². The predicted molar refractivity (Wildman–Crippen MR) is 92.6 cm³/mol. The van der Waals surface area contributed by atoms with Crippen molar-refractivity contribution in [2.45, 2.75) is 6.42 Å². The lowest BCUT2D eigenvalue weighted by molar-refractivity contribution is 0.0950. The number of aliphatic hydroxyl groups excluding tert-OH is 1. The maximum absolute atomic E-state index is 12.1. The van der Waals surface area contributed by atoms with E-state index in [1.54, 1.807) is 48.5 Å². The lowest BCUT2D eigenvalue weighted by Gasteiger charge is -2.07. The summed E-state index contributed by atoms with van der Waals surface area (Å²) < 4.78 is 0.908. The molecule has 2 rings (SSSR count). The SMILES string of the molecule is O=C(NCCCO)c1ccc(NC(=O)c2ccc(Br)cc2)cc1. The number of rotatable bonds is 6. The van der Waals surface area contributed by atoms with Gasteiger partial charge >= 0.3 is 0 Å². The Kier molecular flexibility index (Phi) is 6.31. The van der Waals surface area contributed by atoms with Gasteiger partial charge in [-0.3, -0.25) is 9.59 Å². The van der Waals surface area contributed by atoms with Crippen molar-refractivity contribution in [2.24, 2.45) is 0 Å². The number of nitrogens with one attached hydrogen (secondary N) is 2. The van der Waals surface area contributed by atoms with E-state index < -0.39 is 0 Å². The molecule has 120 valence electrons. The van der Waals surface area contributed by atoms with Crippen molar-refractivity contribution >= 4 is 33.4 Å². The third-order valence-corrected chi connectivity index (χ3v) is 3.66. The molecule has 3 N–H and O–H groups in total. The summed E-state index contributed by atoms with van der Waals surface area (Å²) in [6.07, 6.45) is 0.521. The zero-order valence-corrected chi connectivity index (χ0v) is 14.0. The summed E-state index contributed by atoms with van der Waals surface area (Å²) in [5.74, 6) is -0.415. The Balaban J connectivity index is 1.95. The molecule has 23 heavy (non-hydrogen) atoms. The highest BCUT2D eigenvalue weighted by Crippen LogP contribution is 2.14. The molecule has 0 atom stereocenters. The van der Waals surface area contributed by atoms with Gasteiger partial charge in [0.25, 0.3) is 11.8 Å². The first-order valence-electron chi connectivity index (χ1n) is 7.16. The lowest BCUT2D eigenvalue weighted by atomic mass is 10.1. The number of hydrogen-bond acceptors (Lipinski definition) is 3. The average Bonchev–Trinajstić information content (AvgIpc) is 2.56. The van der Waals surface area contributed by atoms with Crippen LogP contribution >= 0.6 is 15.9 Å². The Bertz CT molecular complexity index is 669. The maximum atomic E-state index is 12.1. The number of carbonyl (C=O) groups excluding carboxylic acids is 2. The first-order chi connectivity index (χ1) is 11.1. The number of carbonyl (C=O) groups is 2. The molecular weight excluding hydrogens is 360 g/mol. The van der Waals surface area contributed by atoms with Crippen LogP contribution in [0.4, 0.5) is 5.69 Å². The summed E-state index contributed by atoms with van der Waals surface area (Å²) in [6.45, 7) is 0.471. The molecule has 0 aliphatic heterocycles. The van der Waals surface area contributed by atoms with Gasteiger partial charge in [-0.1, -0.05) is 15.9 Å². The summed E-state index contributed by atoms with van der Waals surface area (Å²) in [6, 6.07) is 13.7. The second kappa shape index (κ2) is 8.45. The molecule has 0 saturated heterocycles. The number of hydrogen-bond donors (Lipinski definition) is 3. The van der Waals surface area contributed by atoms with Crippen LogP contribution in [0.1, 0.15) is 27.1 Å². The van der Waals surface area contributed by atoms with Crippen molar-refractivity contribution < 1.29 is 14.7 Å². The molecule has 6 heteroatoms. The molecule has 0 heterocycles. The van der Waals surface area contributed by atoms with Gasteiger partial charge in [0, 0.05) is 34.4 Å². The number of benzene rings is 2. The van der Waals surface area contributed by atoms with E-state index in [9.17, 15) is 9.59 Å². The van der Waals surface area contributed by atoms with Crippen LogP contribution < -0.4 is 10.6 Å². The van der Waals surface area contributed by atoms with Crippen LogP contribution in [-0.4, -0.2) is 30.1 Å². The molecule has 0 radical (unpaired) electrons. The normalized spacial score (nSPS) is 10.2. The highest BCUT2D eigenvalue weighted by atomic mass is 79.9. The van der Waals surface area contributed by atoms with Crippen LogP contribution in [-0.2, 0) is 0 Å². The van der Waals surface area contributed by atoms with Crippen molar-refractivity contribution in [3.05, 3.63) is 64.1 Å². The Morgan fingerprint density at radius 3 is 2.09 bits per heavy atom. The minimum atomic E-state index is -0.211. The summed E-state index contributed by atoms with van der Waals surface area (Å²) in [7, 11) is 0. The largest absolute Gasteiger partial charge is 0.396 e. The summed E-state index contributed by atoms with van der Waals surface area (Å²) >= 11 is 3.32. The number of anilines is 1. The van der Waals surface area contributed by atoms with Crippen LogP contribution in [0, 0.1) is 0 Å². The Morgan fingerprint density at radius 2 is 1.48 bits per heavy atom. The zero-order chi connectivity index (χ0) is 16.7. The van der Waals surface area contributed by atoms with Crippen LogP contribution in [0.5, 0.6) is 0 Å². The van der Waals surface area contributed by atoms with E-state index in [1.807, 2.05) is 0 Å². The fraction of sp³-hybridized carbons (Fsp3) is 0.176. The smallest absolute Gasteiger partial charge is 0.255 e. The molecule has 0 spiro atoms. The quantitative estimate of drug-likeness (QED) is 0.678. The Hall–Kier alpha value is -2.18. The molecular formula is C17H17BrN2O3. The number of aliphatic hydroxyl groups is 1. The standard InChI is InChI=1S/C17H17BrN2O3/c18-14-6-2-13(3-7-14)17(23)20-15-8-4-12(5-9-15)16(22)19-10-1-11-21/h2-9,21H,1,10-11H2,(H,19,22)(H,20,23). The summed E-state index contributed by atoms with van der Waals surface area (Å²) in [5, 5.41) is 14.2. The van der Waals surface area contributed by atoms with Gasteiger partial charge in [-0.05, 0) is 55.0 Å². The second-order valence-electron chi connectivity index (χ2n) is 4.87. The third-order valence-electron chi connectivity index (χ3n) is 3.13. The molecule has 0 aromatic heterocycles. The second-order valence-corrected chi connectivity index (χ2v) is 5.79. The molecule has 5 nitrogen and oxygen atoms in total. The van der Waals surface area contributed by atoms with Crippen LogP contribution in [0.2, 0.25) is 0 Å². The topological polar surface area (TPSA) is 78.4 Å². The van der Waals surface area contributed by atoms with Crippen LogP contribution in [0.15, 0.2) is 53.0 Å². The van der Waals surface area contributed by atoms with E-state index in [-0.39, 0.29) is 18.4 Å². The highest BCUT2D eigenvalue weighted by molar-refractivity contribution is 9.10. The molecule has 0 saturated carbocycles. The van der Waals surface area contributed by atoms with Crippen LogP contribution in [0.3, 0.4) is 0 Å². The maximum Gasteiger partial charge on any atom is 0.255 e. The Labute approximate surface area is 142 Å². The molecule has 0 bridgehead atoms. The highest BCUT2D eigenvalue weighted by Gasteiger charge is 2.08. The van der Waals surface area contributed by atoms with E-state index >= 15 is 0 Å². The van der Waals surface area contributed by atoms with Crippen LogP contribution in [0.25, 0.3) is 0 Å². The van der Waals surface area contributed by atoms with E-state index in [4.69, 9.17) is 5.11 Å². The van der Waals surface area contributed by atoms with E-state index in [0.29, 0.717) is 29.8 Å². The van der Waals surface area contributed by atoms with Gasteiger partial charge in [0.1, 0.15) is 0 Å². The van der Waals surface area contributed by atoms with Gasteiger partial charge in [0.2, 0.25) is 0 Å². The van der Waals surface area contributed by atoms with Crippen molar-refractivity contribution in [1.29, 1.82) is 0 Å². The fourth-order valence-corrected chi connectivity index (χ4v) is 2.16. The Morgan fingerprint density at radius 1 is 0.913 bits per heavy atom. The molecule has 0 aliphatic carbocycles. The molecule has 2 aromatic rings. The summed E-state index contributed by atoms with van der Waals surface area (Å²) in [5.41, 5.74) is 1.67. The van der Waals surface area contributed by atoms with Crippen molar-refractivity contribution in [3.8, 4) is 0 Å². The lowest BCUT2D eigenvalue weighted by Crippen LogP contribution is -2.25. The van der Waals surface area contributed by atoms with Gasteiger partial charge in [-0.25, -0.2) is 0 Å². The number of halogens is 1. The monoisotopic (exact) mass is 376 g/mol. The first-order valence-corrected chi connectivity index (χ1v) is 7.95. The van der Waals surface area contributed by atoms with Gasteiger partial charge in [0.15, 0.2) is 0 Å². The summed E-state index contributed by atoms with van der Waals surface area (Å²) in [4.78, 5) is 23.9. The first kappa shape index (κ1) is 17.2. The molecule has 2 amide bonds. The number of amides is 2. The van der Waals surface area contributed by atoms with Crippen molar-refractivity contribution in [1.82, 2.24) is 5.32 Å². The van der Waals surface area contributed by atoms with E-state index in [0.717, 1.165) is 4.47 Å². The van der Waals surface area contributed by atoms with Crippen molar-refractivity contribution in [3.63, 3.8) is 0 Å². The van der Waals surface area contributed by atoms with Gasteiger partial charge in [-0.15, -0.1) is 0 Å².